The highest BCUT2D eigenvalue weighted by atomic mass is 16.5. The minimum absolute atomic E-state index is 0.118. The van der Waals surface area contributed by atoms with Crippen LogP contribution in [-0.2, 0) is 14.3 Å². The standard InChI is InChI=1S/C32H41NO5/c1-8-14-38-26-12-11-21(16-27(26)37-9-2)28-29-22(17-31(3,4)19-24(29)34)33(13-10-15-36-7)23-18-32(5,6)20-25(35)30(23)28/h1,11-12,16,28H,9-10,13-15,17-20H2,2-7H3. The van der Waals surface area contributed by atoms with Gasteiger partial charge in [-0.15, -0.1) is 6.42 Å². The maximum atomic E-state index is 13.9. The van der Waals surface area contributed by atoms with Crippen LogP contribution in [0, 0.1) is 23.2 Å². The monoisotopic (exact) mass is 519 g/mol. The molecule has 0 unspecified atom stereocenters. The number of carbonyl (C=O) groups is 2. The molecule has 0 radical (unpaired) electrons. The summed E-state index contributed by atoms with van der Waals surface area (Å²) in [5.41, 5.74) is 4.19. The molecule has 0 saturated carbocycles. The van der Waals surface area contributed by atoms with E-state index in [0.29, 0.717) is 44.1 Å². The molecule has 1 aliphatic heterocycles. The SMILES string of the molecule is C#CCOc1ccc(C2C3=C(CC(C)(C)CC3=O)N(CCCOC)C3=C2C(=O)CC(C)(C)C3)cc1OCC. The highest BCUT2D eigenvalue weighted by Gasteiger charge is 2.48. The van der Waals surface area contributed by atoms with Gasteiger partial charge in [0.2, 0.25) is 0 Å². The van der Waals surface area contributed by atoms with Crippen molar-refractivity contribution in [2.24, 2.45) is 10.8 Å². The van der Waals surface area contributed by atoms with Gasteiger partial charge < -0.3 is 19.1 Å². The fourth-order valence-corrected chi connectivity index (χ4v) is 6.23. The van der Waals surface area contributed by atoms with Crippen molar-refractivity contribution in [1.29, 1.82) is 0 Å². The largest absolute Gasteiger partial charge is 0.490 e. The van der Waals surface area contributed by atoms with Crippen LogP contribution < -0.4 is 9.47 Å². The highest BCUT2D eigenvalue weighted by Crippen LogP contribution is 2.55. The molecular weight excluding hydrogens is 478 g/mol. The Labute approximate surface area is 227 Å². The molecule has 0 atom stereocenters. The van der Waals surface area contributed by atoms with Gasteiger partial charge in [0.1, 0.15) is 6.61 Å². The normalized spacial score (nSPS) is 20.7. The van der Waals surface area contributed by atoms with Crippen molar-refractivity contribution < 1.29 is 23.8 Å². The van der Waals surface area contributed by atoms with E-state index in [9.17, 15) is 9.59 Å². The van der Waals surface area contributed by atoms with E-state index in [1.54, 1.807) is 7.11 Å². The van der Waals surface area contributed by atoms with E-state index in [1.807, 2.05) is 25.1 Å². The Morgan fingerprint density at radius 1 is 0.947 bits per heavy atom. The van der Waals surface area contributed by atoms with Gasteiger partial charge in [-0.3, -0.25) is 9.59 Å². The molecule has 0 aromatic heterocycles. The van der Waals surface area contributed by atoms with E-state index >= 15 is 0 Å². The second-order valence-electron chi connectivity index (χ2n) is 12.2. The summed E-state index contributed by atoms with van der Waals surface area (Å²) in [4.78, 5) is 30.1. The van der Waals surface area contributed by atoms with Crippen LogP contribution in [0.15, 0.2) is 40.7 Å². The molecule has 2 aliphatic carbocycles. The Morgan fingerprint density at radius 3 is 2.08 bits per heavy atom. The maximum Gasteiger partial charge on any atom is 0.162 e. The predicted octanol–water partition coefficient (Wildman–Crippen LogP) is 5.82. The molecular formula is C32H41NO5. The molecule has 4 rings (SSSR count). The number of hydrogen-bond donors (Lipinski definition) is 0. The minimum Gasteiger partial charge on any atom is -0.490 e. The molecule has 6 heteroatoms. The van der Waals surface area contributed by atoms with Crippen molar-refractivity contribution >= 4 is 11.6 Å². The van der Waals surface area contributed by atoms with Gasteiger partial charge in [0.25, 0.3) is 0 Å². The summed E-state index contributed by atoms with van der Waals surface area (Å²) in [6, 6.07) is 5.72. The lowest BCUT2D eigenvalue weighted by molar-refractivity contribution is -0.119. The Bertz CT molecular complexity index is 1160. The van der Waals surface area contributed by atoms with Gasteiger partial charge in [0, 0.05) is 61.6 Å². The van der Waals surface area contributed by atoms with Gasteiger partial charge in [0.05, 0.1) is 6.61 Å². The topological polar surface area (TPSA) is 65.1 Å². The second kappa shape index (κ2) is 11.0. The quantitative estimate of drug-likeness (QED) is 0.303. The van der Waals surface area contributed by atoms with Gasteiger partial charge in [-0.2, -0.15) is 0 Å². The zero-order valence-electron chi connectivity index (χ0n) is 23.7. The van der Waals surface area contributed by atoms with Crippen molar-refractivity contribution in [3.05, 3.63) is 46.3 Å². The van der Waals surface area contributed by atoms with Gasteiger partial charge >= 0.3 is 0 Å². The number of benzene rings is 1. The Kier molecular flexibility index (Phi) is 8.09. The van der Waals surface area contributed by atoms with Gasteiger partial charge in [-0.05, 0) is 54.7 Å². The van der Waals surface area contributed by atoms with Crippen LogP contribution in [-0.4, -0.2) is 49.9 Å². The molecule has 204 valence electrons. The molecule has 6 nitrogen and oxygen atoms in total. The predicted molar refractivity (Wildman–Crippen MR) is 148 cm³/mol. The van der Waals surface area contributed by atoms with Gasteiger partial charge in [0.15, 0.2) is 23.1 Å². The summed E-state index contributed by atoms with van der Waals surface area (Å²) >= 11 is 0. The Morgan fingerprint density at radius 2 is 1.55 bits per heavy atom. The first kappa shape index (κ1) is 28.0. The lowest BCUT2D eigenvalue weighted by Gasteiger charge is -2.49. The van der Waals surface area contributed by atoms with E-state index in [1.165, 1.54) is 0 Å². The number of allylic oxidation sites excluding steroid dienone is 4. The number of ether oxygens (including phenoxy) is 3. The highest BCUT2D eigenvalue weighted by molar-refractivity contribution is 6.06. The van der Waals surface area contributed by atoms with Crippen molar-refractivity contribution in [3.63, 3.8) is 0 Å². The van der Waals surface area contributed by atoms with Crippen LogP contribution in [0.1, 0.15) is 78.2 Å². The molecule has 38 heavy (non-hydrogen) atoms. The summed E-state index contributed by atoms with van der Waals surface area (Å²) in [5.74, 6) is 3.43. The summed E-state index contributed by atoms with van der Waals surface area (Å²) in [6.07, 6.45) is 8.70. The van der Waals surface area contributed by atoms with Crippen LogP contribution in [0.25, 0.3) is 0 Å². The Balaban J connectivity index is 1.93. The number of methoxy groups -OCH3 is 1. The number of nitrogens with zero attached hydrogens (tertiary/aromatic N) is 1. The molecule has 0 spiro atoms. The van der Waals surface area contributed by atoms with Crippen LogP contribution >= 0.6 is 0 Å². The number of rotatable bonds is 9. The molecule has 0 fully saturated rings. The lowest BCUT2D eigenvalue weighted by atomic mass is 9.63. The van der Waals surface area contributed by atoms with Gasteiger partial charge in [-0.1, -0.05) is 39.7 Å². The van der Waals surface area contributed by atoms with E-state index in [0.717, 1.165) is 47.4 Å². The van der Waals surface area contributed by atoms with E-state index in [-0.39, 0.29) is 29.0 Å². The van der Waals surface area contributed by atoms with E-state index in [2.05, 4.69) is 38.5 Å². The number of carbonyl (C=O) groups excluding carboxylic acids is 2. The average Bonchev–Trinajstić information content (AvgIpc) is 2.82. The number of ketones is 2. The summed E-state index contributed by atoms with van der Waals surface area (Å²) < 4.78 is 17.0. The van der Waals surface area contributed by atoms with Crippen molar-refractivity contribution in [2.75, 3.05) is 33.5 Å². The van der Waals surface area contributed by atoms with Crippen LogP contribution in [0.5, 0.6) is 11.5 Å². The van der Waals surface area contributed by atoms with E-state index in [4.69, 9.17) is 20.6 Å². The summed E-state index contributed by atoms with van der Waals surface area (Å²) in [6.45, 7) is 12.5. The van der Waals surface area contributed by atoms with Crippen molar-refractivity contribution in [1.82, 2.24) is 4.90 Å². The lowest BCUT2D eigenvalue weighted by Crippen LogP contribution is -2.44. The zero-order valence-corrected chi connectivity index (χ0v) is 23.7. The fraction of sp³-hybridized carbons (Fsp3) is 0.562. The molecule has 3 aliphatic rings. The van der Waals surface area contributed by atoms with Crippen LogP contribution in [0.2, 0.25) is 0 Å². The smallest absolute Gasteiger partial charge is 0.162 e. The minimum atomic E-state index is -0.424. The van der Waals surface area contributed by atoms with Gasteiger partial charge in [-0.25, -0.2) is 0 Å². The molecule has 1 aromatic rings. The third kappa shape index (κ3) is 5.54. The molecule has 1 aromatic carbocycles. The number of hydrogen-bond acceptors (Lipinski definition) is 6. The number of Topliss-reactive ketones (excluding diaryl/α,β-unsaturated/α-hetero) is 2. The van der Waals surface area contributed by atoms with Crippen LogP contribution in [0.3, 0.4) is 0 Å². The third-order valence-electron chi connectivity index (χ3n) is 7.66. The third-order valence-corrected chi connectivity index (χ3v) is 7.66. The summed E-state index contributed by atoms with van der Waals surface area (Å²) in [7, 11) is 1.70. The van der Waals surface area contributed by atoms with E-state index < -0.39 is 5.92 Å². The van der Waals surface area contributed by atoms with Crippen molar-refractivity contribution in [2.45, 2.75) is 72.6 Å². The first-order chi connectivity index (χ1) is 18.0. The maximum absolute atomic E-state index is 13.9. The first-order valence-electron chi connectivity index (χ1n) is 13.6. The second-order valence-corrected chi connectivity index (χ2v) is 12.2. The average molecular weight is 520 g/mol. The first-order valence-corrected chi connectivity index (χ1v) is 13.6. The zero-order chi connectivity index (χ0) is 27.7. The Hall–Kier alpha value is -3.04. The molecule has 0 bridgehead atoms. The van der Waals surface area contributed by atoms with Crippen molar-refractivity contribution in [3.8, 4) is 23.8 Å². The fourth-order valence-electron chi connectivity index (χ4n) is 6.23. The summed E-state index contributed by atoms with van der Waals surface area (Å²) in [5, 5.41) is 0. The molecule has 0 N–H and O–H groups in total. The molecule has 0 saturated heterocycles. The molecule has 0 amide bonds. The van der Waals surface area contributed by atoms with Crippen LogP contribution in [0.4, 0.5) is 0 Å². The number of terminal acetylenes is 1. The molecule has 1 heterocycles.